The average Bonchev–Trinajstić information content (AvgIpc) is 2.11. The predicted octanol–water partition coefficient (Wildman–Crippen LogP) is -0.0196. The fourth-order valence-corrected chi connectivity index (χ4v) is 1.63. The molecule has 0 aromatic rings. The molecule has 0 radical (unpaired) electrons. The first-order valence-corrected chi connectivity index (χ1v) is 5.42. The van der Waals surface area contributed by atoms with Crippen molar-refractivity contribution in [1.29, 1.82) is 0 Å². The monoisotopic (exact) mass is 199 g/mol. The van der Waals surface area contributed by atoms with Gasteiger partial charge in [-0.05, 0) is 26.2 Å². The van der Waals surface area contributed by atoms with E-state index >= 15 is 0 Å². The molecule has 4 nitrogen and oxygen atoms in total. The molecular formula is C10H21N3O. The Hall–Kier alpha value is -0.610. The Morgan fingerprint density at radius 1 is 1.57 bits per heavy atom. The summed E-state index contributed by atoms with van der Waals surface area (Å²) in [6.07, 6.45) is 2.96. The largest absolute Gasteiger partial charge is 0.355 e. The summed E-state index contributed by atoms with van der Waals surface area (Å²) in [7, 11) is 0. The van der Waals surface area contributed by atoms with E-state index in [9.17, 15) is 4.79 Å². The van der Waals surface area contributed by atoms with Gasteiger partial charge in [0.05, 0.1) is 6.04 Å². The Labute approximate surface area is 85.6 Å². The van der Waals surface area contributed by atoms with Crippen molar-refractivity contribution in [3.05, 3.63) is 0 Å². The second-order valence-corrected chi connectivity index (χ2v) is 4.11. The lowest BCUT2D eigenvalue weighted by Gasteiger charge is -2.35. The smallest absolute Gasteiger partial charge is 0.236 e. The number of carbonyl (C=O) groups is 1. The molecule has 0 spiro atoms. The van der Waals surface area contributed by atoms with Gasteiger partial charge in [0.2, 0.25) is 5.91 Å². The molecule has 1 unspecified atom stereocenters. The van der Waals surface area contributed by atoms with Gasteiger partial charge in [-0.1, -0.05) is 6.92 Å². The number of amides is 1. The maximum atomic E-state index is 11.5. The minimum atomic E-state index is -0.0981. The minimum absolute atomic E-state index is 0.0901. The third kappa shape index (κ3) is 3.27. The molecule has 1 aliphatic rings. The van der Waals surface area contributed by atoms with Crippen LogP contribution in [0.5, 0.6) is 0 Å². The first-order chi connectivity index (χ1) is 6.63. The van der Waals surface area contributed by atoms with Crippen molar-refractivity contribution in [2.24, 2.45) is 5.73 Å². The van der Waals surface area contributed by atoms with Crippen molar-refractivity contribution in [2.45, 2.75) is 51.2 Å². The standard InChI is InChI=1S/C10H21N3O/c1-3-4-12-10(14)7(2)13-9-5-8(11)6-9/h7-9,13H,3-6,11H2,1-2H3,(H,12,14). The summed E-state index contributed by atoms with van der Waals surface area (Å²) >= 11 is 0. The number of hydrogen-bond acceptors (Lipinski definition) is 3. The Morgan fingerprint density at radius 3 is 2.71 bits per heavy atom. The fraction of sp³-hybridized carbons (Fsp3) is 0.900. The van der Waals surface area contributed by atoms with Crippen molar-refractivity contribution in [1.82, 2.24) is 10.6 Å². The first-order valence-electron chi connectivity index (χ1n) is 5.42. The first kappa shape index (κ1) is 11.5. The summed E-state index contributed by atoms with van der Waals surface area (Å²) in [6, 6.07) is 0.671. The number of nitrogens with two attached hydrogens (primary N) is 1. The molecule has 82 valence electrons. The Bertz CT molecular complexity index is 190. The van der Waals surface area contributed by atoms with Crippen LogP contribution in [0.3, 0.4) is 0 Å². The Balaban J connectivity index is 2.14. The van der Waals surface area contributed by atoms with Crippen LogP contribution in [0, 0.1) is 0 Å². The van der Waals surface area contributed by atoms with E-state index in [4.69, 9.17) is 5.73 Å². The van der Waals surface area contributed by atoms with Crippen molar-refractivity contribution >= 4 is 5.91 Å². The van der Waals surface area contributed by atoms with Crippen molar-refractivity contribution in [3.8, 4) is 0 Å². The number of carbonyl (C=O) groups excluding carboxylic acids is 1. The maximum absolute atomic E-state index is 11.5. The van der Waals surface area contributed by atoms with Gasteiger partial charge in [-0.3, -0.25) is 4.79 Å². The molecule has 1 fully saturated rings. The van der Waals surface area contributed by atoms with Gasteiger partial charge in [0.25, 0.3) is 0 Å². The molecule has 1 amide bonds. The summed E-state index contributed by atoms with van der Waals surface area (Å²) in [5.41, 5.74) is 5.66. The van der Waals surface area contributed by atoms with Crippen molar-refractivity contribution < 1.29 is 4.79 Å². The fourth-order valence-electron chi connectivity index (χ4n) is 1.63. The normalized spacial score (nSPS) is 27.9. The maximum Gasteiger partial charge on any atom is 0.236 e. The topological polar surface area (TPSA) is 67.2 Å². The van der Waals surface area contributed by atoms with E-state index in [-0.39, 0.29) is 11.9 Å². The van der Waals surface area contributed by atoms with Crippen LogP contribution in [-0.2, 0) is 4.79 Å². The molecule has 4 heteroatoms. The van der Waals surface area contributed by atoms with Crippen LogP contribution in [0.1, 0.15) is 33.1 Å². The van der Waals surface area contributed by atoms with Crippen molar-refractivity contribution in [3.63, 3.8) is 0 Å². The van der Waals surface area contributed by atoms with E-state index in [1.54, 1.807) is 0 Å². The minimum Gasteiger partial charge on any atom is -0.355 e. The summed E-state index contributed by atoms with van der Waals surface area (Å²) in [5.74, 6) is 0.0901. The zero-order valence-electron chi connectivity index (χ0n) is 9.05. The van der Waals surface area contributed by atoms with E-state index in [2.05, 4.69) is 10.6 Å². The highest BCUT2D eigenvalue weighted by atomic mass is 16.2. The Kier molecular flexibility index (Phi) is 4.35. The van der Waals surface area contributed by atoms with E-state index in [1.165, 1.54) is 0 Å². The van der Waals surface area contributed by atoms with Gasteiger partial charge < -0.3 is 16.4 Å². The molecule has 1 atom stereocenters. The van der Waals surface area contributed by atoms with Crippen molar-refractivity contribution in [2.75, 3.05) is 6.54 Å². The molecule has 4 N–H and O–H groups in total. The van der Waals surface area contributed by atoms with Gasteiger partial charge in [-0.2, -0.15) is 0 Å². The zero-order chi connectivity index (χ0) is 10.6. The molecule has 0 aromatic carbocycles. The lowest BCUT2D eigenvalue weighted by Crippen LogP contribution is -2.54. The van der Waals surface area contributed by atoms with E-state index < -0.39 is 0 Å². The molecule has 0 aromatic heterocycles. The molecular weight excluding hydrogens is 178 g/mol. The average molecular weight is 199 g/mol. The van der Waals surface area contributed by atoms with Crippen LogP contribution in [0.15, 0.2) is 0 Å². The van der Waals surface area contributed by atoms with Gasteiger partial charge in [-0.25, -0.2) is 0 Å². The lowest BCUT2D eigenvalue weighted by atomic mass is 9.87. The third-order valence-corrected chi connectivity index (χ3v) is 2.60. The molecule has 0 heterocycles. The van der Waals surface area contributed by atoms with Gasteiger partial charge in [0.15, 0.2) is 0 Å². The van der Waals surface area contributed by atoms with Crippen LogP contribution in [0.4, 0.5) is 0 Å². The Morgan fingerprint density at radius 2 is 2.21 bits per heavy atom. The molecule has 1 rings (SSSR count). The molecule has 0 saturated heterocycles. The molecule has 0 aliphatic heterocycles. The lowest BCUT2D eigenvalue weighted by molar-refractivity contribution is -0.123. The summed E-state index contributed by atoms with van der Waals surface area (Å²) < 4.78 is 0. The number of rotatable bonds is 5. The zero-order valence-corrected chi connectivity index (χ0v) is 9.05. The summed E-state index contributed by atoms with van der Waals surface area (Å²) in [5, 5.41) is 6.13. The molecule has 0 bridgehead atoms. The highest BCUT2D eigenvalue weighted by Gasteiger charge is 2.28. The SMILES string of the molecule is CCCNC(=O)C(C)NC1CC(N)C1. The molecule has 1 saturated carbocycles. The second kappa shape index (κ2) is 5.32. The van der Waals surface area contributed by atoms with Crippen LogP contribution < -0.4 is 16.4 Å². The molecule has 1 aliphatic carbocycles. The van der Waals surface area contributed by atoms with Gasteiger partial charge >= 0.3 is 0 Å². The van der Waals surface area contributed by atoms with Crippen LogP contribution in [-0.4, -0.2) is 30.6 Å². The second-order valence-electron chi connectivity index (χ2n) is 4.11. The van der Waals surface area contributed by atoms with Gasteiger partial charge in [-0.15, -0.1) is 0 Å². The van der Waals surface area contributed by atoms with Crippen LogP contribution >= 0.6 is 0 Å². The summed E-state index contributed by atoms with van der Waals surface area (Å²) in [4.78, 5) is 11.5. The third-order valence-electron chi connectivity index (χ3n) is 2.60. The van der Waals surface area contributed by atoms with E-state index in [0.29, 0.717) is 12.1 Å². The highest BCUT2D eigenvalue weighted by Crippen LogP contribution is 2.17. The molecule has 14 heavy (non-hydrogen) atoms. The van der Waals surface area contributed by atoms with E-state index in [1.807, 2.05) is 13.8 Å². The summed E-state index contributed by atoms with van der Waals surface area (Å²) in [6.45, 7) is 4.70. The van der Waals surface area contributed by atoms with Crippen LogP contribution in [0.25, 0.3) is 0 Å². The van der Waals surface area contributed by atoms with Crippen LogP contribution in [0.2, 0.25) is 0 Å². The number of nitrogens with one attached hydrogen (secondary N) is 2. The quantitative estimate of drug-likeness (QED) is 0.583. The van der Waals surface area contributed by atoms with E-state index in [0.717, 1.165) is 25.8 Å². The predicted molar refractivity (Wildman–Crippen MR) is 56.9 cm³/mol. The van der Waals surface area contributed by atoms with Gasteiger partial charge in [0, 0.05) is 18.6 Å². The highest BCUT2D eigenvalue weighted by molar-refractivity contribution is 5.81. The van der Waals surface area contributed by atoms with Gasteiger partial charge in [0.1, 0.15) is 0 Å². The number of hydrogen-bond donors (Lipinski definition) is 3.